The number of esters is 1. The highest BCUT2D eigenvalue weighted by Crippen LogP contribution is 2.18. The molecule has 2 N–H and O–H groups in total. The van der Waals surface area contributed by atoms with Crippen LogP contribution in [0.25, 0.3) is 10.9 Å². The van der Waals surface area contributed by atoms with E-state index in [1.807, 2.05) is 24.3 Å². The number of rotatable bonds is 7. The molecule has 2 aromatic carbocycles. The van der Waals surface area contributed by atoms with Crippen molar-refractivity contribution >= 4 is 22.8 Å². The lowest BCUT2D eigenvalue weighted by Crippen LogP contribution is -2.30. The van der Waals surface area contributed by atoms with E-state index in [1.165, 1.54) is 6.07 Å². The molecule has 5 nitrogen and oxygen atoms in total. The Balaban J connectivity index is 1.41. The van der Waals surface area contributed by atoms with E-state index >= 15 is 0 Å². The van der Waals surface area contributed by atoms with Crippen LogP contribution in [-0.4, -0.2) is 30.0 Å². The summed E-state index contributed by atoms with van der Waals surface area (Å²) in [5, 5.41) is 3.57. The summed E-state index contributed by atoms with van der Waals surface area (Å²) in [5.74, 6) is -1.18. The molecule has 3 aromatic rings. The lowest BCUT2D eigenvalue weighted by atomic mass is 10.1. The van der Waals surface area contributed by atoms with E-state index in [-0.39, 0.29) is 25.4 Å². The topological polar surface area (TPSA) is 71.2 Å². The molecule has 0 radical (unpaired) electrons. The van der Waals surface area contributed by atoms with Gasteiger partial charge in [-0.15, -0.1) is 0 Å². The maximum absolute atomic E-state index is 13.5. The highest BCUT2D eigenvalue weighted by molar-refractivity contribution is 5.88. The molecule has 0 saturated heterocycles. The molecule has 26 heavy (non-hydrogen) atoms. The Morgan fingerprint density at radius 1 is 1.04 bits per heavy atom. The van der Waals surface area contributed by atoms with Gasteiger partial charge in [-0.3, -0.25) is 9.59 Å². The normalized spacial score (nSPS) is 10.7. The fourth-order valence-electron chi connectivity index (χ4n) is 2.72. The van der Waals surface area contributed by atoms with Gasteiger partial charge in [0.2, 0.25) is 0 Å². The molecule has 0 fully saturated rings. The first-order valence-corrected chi connectivity index (χ1v) is 8.34. The van der Waals surface area contributed by atoms with Crippen LogP contribution in [0.4, 0.5) is 4.39 Å². The first-order valence-electron chi connectivity index (χ1n) is 8.34. The van der Waals surface area contributed by atoms with Crippen LogP contribution in [0.2, 0.25) is 0 Å². The van der Waals surface area contributed by atoms with Gasteiger partial charge in [0.05, 0.1) is 6.42 Å². The number of benzene rings is 2. The fourth-order valence-corrected chi connectivity index (χ4v) is 2.72. The summed E-state index contributed by atoms with van der Waals surface area (Å²) in [6.07, 6.45) is 2.23. The van der Waals surface area contributed by atoms with Crippen molar-refractivity contribution in [1.82, 2.24) is 10.3 Å². The number of ether oxygens (including phenoxy) is 1. The molecule has 0 aliphatic heterocycles. The number of aromatic amines is 1. The van der Waals surface area contributed by atoms with E-state index in [0.717, 1.165) is 16.5 Å². The molecule has 1 amide bonds. The smallest absolute Gasteiger partial charge is 0.310 e. The number of amides is 1. The second-order valence-electron chi connectivity index (χ2n) is 5.89. The summed E-state index contributed by atoms with van der Waals surface area (Å²) in [4.78, 5) is 26.8. The van der Waals surface area contributed by atoms with Crippen LogP contribution in [0.5, 0.6) is 0 Å². The fraction of sp³-hybridized carbons (Fsp3) is 0.200. The summed E-state index contributed by atoms with van der Waals surface area (Å²) in [6.45, 7) is -0.0712. The summed E-state index contributed by atoms with van der Waals surface area (Å²) >= 11 is 0. The van der Waals surface area contributed by atoms with Crippen LogP contribution in [-0.2, 0) is 27.2 Å². The Morgan fingerprint density at radius 2 is 1.81 bits per heavy atom. The van der Waals surface area contributed by atoms with Crippen molar-refractivity contribution in [3.05, 3.63) is 71.7 Å². The van der Waals surface area contributed by atoms with Gasteiger partial charge in [-0.1, -0.05) is 36.4 Å². The molecule has 0 unspecified atom stereocenters. The minimum absolute atomic E-state index is 0.0898. The third-order valence-electron chi connectivity index (χ3n) is 4.05. The van der Waals surface area contributed by atoms with Gasteiger partial charge in [0.15, 0.2) is 6.61 Å². The number of hydrogen-bond acceptors (Lipinski definition) is 3. The molecule has 3 rings (SSSR count). The molecule has 134 valence electrons. The van der Waals surface area contributed by atoms with E-state index in [2.05, 4.69) is 10.3 Å². The Labute approximate surface area is 150 Å². The first-order chi connectivity index (χ1) is 12.6. The van der Waals surface area contributed by atoms with Crippen molar-refractivity contribution in [2.75, 3.05) is 13.2 Å². The largest absolute Gasteiger partial charge is 0.455 e. The zero-order valence-electron chi connectivity index (χ0n) is 14.1. The number of aromatic nitrogens is 1. The van der Waals surface area contributed by atoms with E-state index < -0.39 is 11.9 Å². The highest BCUT2D eigenvalue weighted by atomic mass is 19.1. The van der Waals surface area contributed by atoms with E-state index in [1.54, 1.807) is 24.4 Å². The third-order valence-corrected chi connectivity index (χ3v) is 4.05. The Morgan fingerprint density at radius 3 is 2.65 bits per heavy atom. The average Bonchev–Trinajstić information content (AvgIpc) is 3.05. The van der Waals surface area contributed by atoms with Gasteiger partial charge in [0.25, 0.3) is 5.91 Å². The summed E-state index contributed by atoms with van der Waals surface area (Å²) in [6, 6.07) is 14.1. The molecule has 6 heteroatoms. The van der Waals surface area contributed by atoms with Gasteiger partial charge in [-0.25, -0.2) is 4.39 Å². The summed E-state index contributed by atoms with van der Waals surface area (Å²) in [7, 11) is 0. The van der Waals surface area contributed by atoms with Gasteiger partial charge in [-0.05, 0) is 29.7 Å². The van der Waals surface area contributed by atoms with Crippen LogP contribution in [0.15, 0.2) is 54.7 Å². The Hall–Kier alpha value is -3.15. The Bertz CT molecular complexity index is 920. The number of hydrogen-bond donors (Lipinski definition) is 2. The van der Waals surface area contributed by atoms with Crippen molar-refractivity contribution in [2.24, 2.45) is 0 Å². The Kier molecular flexibility index (Phi) is 5.63. The number of carbonyl (C=O) groups excluding carboxylic acids is 2. The van der Waals surface area contributed by atoms with E-state index in [4.69, 9.17) is 4.74 Å². The number of nitrogens with one attached hydrogen (secondary N) is 2. The van der Waals surface area contributed by atoms with Crippen molar-refractivity contribution in [3.8, 4) is 0 Å². The lowest BCUT2D eigenvalue weighted by molar-refractivity contribution is -0.147. The van der Waals surface area contributed by atoms with E-state index in [0.29, 0.717) is 12.0 Å². The summed E-state index contributed by atoms with van der Waals surface area (Å²) < 4.78 is 18.5. The SMILES string of the molecule is O=C(COC(=O)Cc1c[nH]c2ccccc12)NCCc1ccccc1F. The molecule has 1 heterocycles. The predicted molar refractivity (Wildman–Crippen MR) is 96.1 cm³/mol. The van der Waals surface area contributed by atoms with Gasteiger partial charge >= 0.3 is 5.97 Å². The number of para-hydroxylation sites is 1. The van der Waals surface area contributed by atoms with Crippen molar-refractivity contribution < 1.29 is 18.7 Å². The van der Waals surface area contributed by atoms with Gasteiger partial charge in [0.1, 0.15) is 5.82 Å². The molecular weight excluding hydrogens is 335 g/mol. The molecule has 0 bridgehead atoms. The maximum Gasteiger partial charge on any atom is 0.310 e. The van der Waals surface area contributed by atoms with Crippen LogP contribution >= 0.6 is 0 Å². The standard InChI is InChI=1S/C20H19FN2O3/c21-17-7-3-1-5-14(17)9-10-22-19(24)13-26-20(25)11-15-12-23-18-8-4-2-6-16(15)18/h1-8,12,23H,9-11,13H2,(H,22,24). The van der Waals surface area contributed by atoms with Crippen molar-refractivity contribution in [3.63, 3.8) is 0 Å². The molecule has 0 aliphatic rings. The van der Waals surface area contributed by atoms with Crippen LogP contribution in [0.1, 0.15) is 11.1 Å². The number of H-pyrrole nitrogens is 1. The van der Waals surface area contributed by atoms with Gasteiger partial charge in [-0.2, -0.15) is 0 Å². The summed E-state index contributed by atoms with van der Waals surface area (Å²) in [5.41, 5.74) is 2.30. The highest BCUT2D eigenvalue weighted by Gasteiger charge is 2.11. The van der Waals surface area contributed by atoms with Crippen LogP contribution < -0.4 is 5.32 Å². The molecule has 0 aliphatic carbocycles. The lowest BCUT2D eigenvalue weighted by Gasteiger charge is -2.07. The monoisotopic (exact) mass is 354 g/mol. The zero-order valence-corrected chi connectivity index (χ0v) is 14.1. The van der Waals surface area contributed by atoms with Crippen LogP contribution in [0, 0.1) is 5.82 Å². The number of halogens is 1. The number of carbonyl (C=O) groups is 2. The quantitative estimate of drug-likeness (QED) is 0.641. The minimum atomic E-state index is -0.473. The molecule has 1 aromatic heterocycles. The zero-order chi connectivity index (χ0) is 18.4. The second kappa shape index (κ2) is 8.29. The third kappa shape index (κ3) is 4.47. The van der Waals surface area contributed by atoms with Crippen molar-refractivity contribution in [1.29, 1.82) is 0 Å². The van der Waals surface area contributed by atoms with Crippen LogP contribution in [0.3, 0.4) is 0 Å². The van der Waals surface area contributed by atoms with E-state index in [9.17, 15) is 14.0 Å². The number of fused-ring (bicyclic) bond motifs is 1. The average molecular weight is 354 g/mol. The van der Waals surface area contributed by atoms with Gasteiger partial charge in [0, 0.05) is 23.6 Å². The molecular formula is C20H19FN2O3. The van der Waals surface area contributed by atoms with Crippen molar-refractivity contribution in [2.45, 2.75) is 12.8 Å². The molecule has 0 spiro atoms. The van der Waals surface area contributed by atoms with Gasteiger partial charge < -0.3 is 15.0 Å². The molecule has 0 atom stereocenters. The minimum Gasteiger partial charge on any atom is -0.455 e. The molecule has 0 saturated carbocycles. The maximum atomic E-state index is 13.5. The predicted octanol–water partition coefficient (Wildman–Crippen LogP) is 2.75. The second-order valence-corrected chi connectivity index (χ2v) is 5.89. The first kappa shape index (κ1) is 17.7.